The van der Waals surface area contributed by atoms with Crippen molar-refractivity contribution in [3.05, 3.63) is 71.8 Å². The van der Waals surface area contributed by atoms with Crippen LogP contribution >= 0.6 is 0 Å². The summed E-state index contributed by atoms with van der Waals surface area (Å²) in [6.07, 6.45) is -1.99. The smallest absolute Gasteiger partial charge is 0.450 e. The van der Waals surface area contributed by atoms with Crippen LogP contribution in [-0.2, 0) is 28.4 Å². The molecule has 5 rings (SSSR count). The van der Waals surface area contributed by atoms with Gasteiger partial charge in [-0.3, -0.25) is 8.80 Å². The lowest BCUT2D eigenvalue weighted by Gasteiger charge is -2.06. The standard InChI is InChI=1S/C10H7F3N2O2.C9H7F3N2O.C4H8O/c1-17-8(16)6-2-3-7-4-14-9(10(11,12)13)15(7)5-6;10-9(11,12)8-13-3-7-2-1-6(5-15)4-14(7)8;1-2-4-5-3-1/h2-5H,1H3;1-4,15H,5H2;1-4H2. The molecule has 37 heavy (non-hydrogen) atoms. The molecule has 200 valence electrons. The number of hydrogen-bond acceptors (Lipinski definition) is 6. The van der Waals surface area contributed by atoms with Gasteiger partial charge in [-0.25, -0.2) is 14.8 Å². The minimum atomic E-state index is -4.57. The third-order valence-corrected chi connectivity index (χ3v) is 5.05. The summed E-state index contributed by atoms with van der Waals surface area (Å²) in [7, 11) is 1.16. The van der Waals surface area contributed by atoms with Gasteiger partial charge in [0.2, 0.25) is 11.6 Å². The first kappa shape index (κ1) is 27.9. The topological polar surface area (TPSA) is 90.4 Å². The maximum atomic E-state index is 12.6. The van der Waals surface area contributed by atoms with Crippen LogP contribution in [0.15, 0.2) is 49.1 Å². The fourth-order valence-corrected chi connectivity index (χ4v) is 3.29. The highest BCUT2D eigenvalue weighted by atomic mass is 19.4. The van der Waals surface area contributed by atoms with Crippen molar-refractivity contribution >= 4 is 17.0 Å². The van der Waals surface area contributed by atoms with Crippen molar-refractivity contribution in [2.45, 2.75) is 31.8 Å². The number of alkyl halides is 6. The average molecular weight is 532 g/mol. The molecule has 0 amide bonds. The SMILES string of the molecule is C1CCOC1.COC(=O)c1ccc2cnc(C(F)(F)F)n2c1.OCc1ccc2cnc(C(F)(F)F)n2c1. The summed E-state index contributed by atoms with van der Waals surface area (Å²) in [5.74, 6) is -2.75. The van der Waals surface area contributed by atoms with Crippen molar-refractivity contribution in [3.8, 4) is 0 Å². The van der Waals surface area contributed by atoms with Gasteiger partial charge in [-0.1, -0.05) is 6.07 Å². The number of hydrogen-bond donors (Lipinski definition) is 1. The zero-order valence-electron chi connectivity index (χ0n) is 19.4. The first-order valence-electron chi connectivity index (χ1n) is 10.8. The Morgan fingerprint density at radius 3 is 1.86 bits per heavy atom. The summed E-state index contributed by atoms with van der Waals surface area (Å²) in [6, 6.07) is 5.78. The molecule has 4 aromatic heterocycles. The number of carbonyl (C=O) groups is 1. The van der Waals surface area contributed by atoms with Gasteiger partial charge in [-0.05, 0) is 36.6 Å². The van der Waals surface area contributed by atoms with Crippen LogP contribution in [0.1, 0.15) is 40.4 Å². The maximum absolute atomic E-state index is 12.6. The van der Waals surface area contributed by atoms with Gasteiger partial charge in [-0.15, -0.1) is 0 Å². The minimum absolute atomic E-state index is 0.0310. The molecule has 5 heterocycles. The maximum Gasteiger partial charge on any atom is 0.450 e. The Bertz CT molecular complexity index is 1340. The van der Waals surface area contributed by atoms with E-state index < -0.39 is 30.0 Å². The zero-order chi connectivity index (χ0) is 27.2. The van der Waals surface area contributed by atoms with Gasteiger partial charge in [0.05, 0.1) is 42.7 Å². The van der Waals surface area contributed by atoms with Crippen LogP contribution in [0.5, 0.6) is 0 Å². The van der Waals surface area contributed by atoms with E-state index in [0.717, 1.165) is 47.7 Å². The van der Waals surface area contributed by atoms with E-state index in [2.05, 4.69) is 14.7 Å². The highest BCUT2D eigenvalue weighted by molar-refractivity contribution is 5.89. The third-order valence-electron chi connectivity index (χ3n) is 5.05. The minimum Gasteiger partial charge on any atom is -0.465 e. The summed E-state index contributed by atoms with van der Waals surface area (Å²) in [5, 5.41) is 8.81. The summed E-state index contributed by atoms with van der Waals surface area (Å²) in [4.78, 5) is 17.8. The Morgan fingerprint density at radius 1 is 0.919 bits per heavy atom. The van der Waals surface area contributed by atoms with Crippen LogP contribution in [-0.4, -0.2) is 50.2 Å². The first-order chi connectivity index (χ1) is 17.5. The van der Waals surface area contributed by atoms with E-state index in [1.807, 2.05) is 0 Å². The van der Waals surface area contributed by atoms with E-state index in [-0.39, 0.29) is 17.7 Å². The molecule has 1 aliphatic rings. The first-order valence-corrected chi connectivity index (χ1v) is 10.8. The molecule has 8 nitrogen and oxygen atoms in total. The highest BCUT2D eigenvalue weighted by Crippen LogP contribution is 2.29. The predicted molar refractivity (Wildman–Crippen MR) is 118 cm³/mol. The molecule has 1 N–H and O–H groups in total. The number of ether oxygens (including phenoxy) is 2. The van der Waals surface area contributed by atoms with Crippen molar-refractivity contribution in [1.82, 2.24) is 18.8 Å². The van der Waals surface area contributed by atoms with E-state index >= 15 is 0 Å². The molecular weight excluding hydrogens is 510 g/mol. The van der Waals surface area contributed by atoms with Gasteiger partial charge >= 0.3 is 18.3 Å². The van der Waals surface area contributed by atoms with Crippen molar-refractivity contribution in [2.75, 3.05) is 20.3 Å². The fourth-order valence-electron chi connectivity index (χ4n) is 3.29. The van der Waals surface area contributed by atoms with Crippen LogP contribution in [0.25, 0.3) is 11.0 Å². The number of aromatic nitrogens is 4. The molecule has 1 aliphatic heterocycles. The molecular formula is C23H22F6N4O4. The van der Waals surface area contributed by atoms with Crippen LogP contribution in [0.3, 0.4) is 0 Å². The molecule has 0 bridgehead atoms. The number of methoxy groups -OCH3 is 1. The number of nitrogens with zero attached hydrogens (tertiary/aromatic N) is 4. The second kappa shape index (κ2) is 11.6. The second-order valence-corrected chi connectivity index (χ2v) is 7.67. The Morgan fingerprint density at radius 2 is 1.43 bits per heavy atom. The van der Waals surface area contributed by atoms with Crippen molar-refractivity contribution < 1.29 is 45.7 Å². The van der Waals surface area contributed by atoms with Crippen LogP contribution in [0, 0.1) is 0 Å². The van der Waals surface area contributed by atoms with Gasteiger partial charge in [0.1, 0.15) is 0 Å². The number of imidazole rings is 2. The molecule has 4 aromatic rings. The highest BCUT2D eigenvalue weighted by Gasteiger charge is 2.36. The summed E-state index contributed by atoms with van der Waals surface area (Å²) in [6.45, 7) is 1.70. The molecule has 14 heteroatoms. The lowest BCUT2D eigenvalue weighted by Crippen LogP contribution is -2.12. The van der Waals surface area contributed by atoms with Crippen LogP contribution < -0.4 is 0 Å². The molecule has 0 radical (unpaired) electrons. The zero-order valence-corrected chi connectivity index (χ0v) is 19.4. The Hall–Kier alpha value is -3.65. The molecule has 0 spiro atoms. The van der Waals surface area contributed by atoms with E-state index in [1.165, 1.54) is 37.2 Å². The average Bonchev–Trinajstić information content (AvgIpc) is 3.63. The van der Waals surface area contributed by atoms with Gasteiger partial charge in [-0.2, -0.15) is 26.3 Å². The molecule has 1 fully saturated rings. The summed E-state index contributed by atoms with van der Waals surface area (Å²) >= 11 is 0. The quantitative estimate of drug-likeness (QED) is 0.295. The number of pyridine rings is 2. The Balaban J connectivity index is 0.000000174. The monoisotopic (exact) mass is 532 g/mol. The van der Waals surface area contributed by atoms with E-state index in [1.54, 1.807) is 6.07 Å². The Kier molecular flexibility index (Phi) is 8.76. The van der Waals surface area contributed by atoms with Gasteiger partial charge in [0, 0.05) is 25.6 Å². The van der Waals surface area contributed by atoms with E-state index in [9.17, 15) is 31.1 Å². The molecule has 0 aromatic carbocycles. The normalized spacial score (nSPS) is 13.6. The number of esters is 1. The predicted octanol–water partition coefficient (Wildman–Crippen LogP) is 4.78. The number of aliphatic hydroxyl groups excluding tert-OH is 1. The number of aliphatic hydroxyl groups is 1. The molecule has 0 unspecified atom stereocenters. The molecule has 1 saturated heterocycles. The van der Waals surface area contributed by atoms with Crippen LogP contribution in [0.4, 0.5) is 26.3 Å². The largest absolute Gasteiger partial charge is 0.465 e. The van der Waals surface area contributed by atoms with Crippen molar-refractivity contribution in [2.24, 2.45) is 0 Å². The van der Waals surface area contributed by atoms with Crippen LogP contribution in [0.2, 0.25) is 0 Å². The van der Waals surface area contributed by atoms with Gasteiger partial charge in [0.25, 0.3) is 0 Å². The van der Waals surface area contributed by atoms with E-state index in [4.69, 9.17) is 9.84 Å². The molecule has 0 aliphatic carbocycles. The van der Waals surface area contributed by atoms with E-state index in [0.29, 0.717) is 11.1 Å². The van der Waals surface area contributed by atoms with Gasteiger partial charge in [0.15, 0.2) is 0 Å². The van der Waals surface area contributed by atoms with Gasteiger partial charge < -0.3 is 14.6 Å². The third kappa shape index (κ3) is 6.98. The number of carbonyl (C=O) groups excluding carboxylic acids is 1. The number of fused-ring (bicyclic) bond motifs is 2. The number of rotatable bonds is 2. The lowest BCUT2D eigenvalue weighted by molar-refractivity contribution is -0.146. The Labute approximate surface area is 206 Å². The van der Waals surface area contributed by atoms with Crippen molar-refractivity contribution in [3.63, 3.8) is 0 Å². The summed E-state index contributed by atoms with van der Waals surface area (Å²) in [5.41, 5.74) is 1.04. The number of halogens is 6. The molecule has 0 saturated carbocycles. The fraction of sp³-hybridized carbons (Fsp3) is 0.348. The second-order valence-electron chi connectivity index (χ2n) is 7.67. The summed E-state index contributed by atoms with van der Waals surface area (Å²) < 4.78 is 86.1. The van der Waals surface area contributed by atoms with Crippen molar-refractivity contribution in [1.29, 1.82) is 0 Å². The lowest BCUT2D eigenvalue weighted by atomic mass is 10.3. The molecule has 0 atom stereocenters.